The number of aliphatic carboxylic acids is 1. The zero-order valence-electron chi connectivity index (χ0n) is 8.25. The molecule has 0 aromatic rings. The van der Waals surface area contributed by atoms with E-state index in [1.807, 2.05) is 0 Å². The van der Waals surface area contributed by atoms with Gasteiger partial charge in [-0.2, -0.15) is 0 Å². The molecule has 0 aromatic carbocycles. The third-order valence-electron chi connectivity index (χ3n) is 2.21. The zero-order chi connectivity index (χ0) is 10.3. The van der Waals surface area contributed by atoms with Gasteiger partial charge in [0.15, 0.2) is 5.60 Å². The highest BCUT2D eigenvalue weighted by atomic mass is 16.5. The van der Waals surface area contributed by atoms with Crippen LogP contribution in [-0.4, -0.2) is 35.0 Å². The maximum Gasteiger partial charge on any atom is 0.335 e. The monoisotopic (exact) mass is 190 g/mol. The van der Waals surface area contributed by atoms with Crippen LogP contribution in [0.3, 0.4) is 0 Å². The van der Waals surface area contributed by atoms with Crippen LogP contribution in [0.2, 0.25) is 0 Å². The van der Waals surface area contributed by atoms with Crippen LogP contribution in [0.5, 0.6) is 0 Å². The number of hydrogen-bond donors (Lipinski definition) is 2. The van der Waals surface area contributed by atoms with E-state index in [1.54, 1.807) is 13.8 Å². The van der Waals surface area contributed by atoms with Crippen molar-refractivity contribution in [1.82, 2.24) is 0 Å². The summed E-state index contributed by atoms with van der Waals surface area (Å²) in [7, 11) is 0. The van der Waals surface area contributed by atoms with Gasteiger partial charge >= 0.3 is 5.97 Å². The number of aliphatic hydroxyl groups is 1. The first-order valence-corrected chi connectivity index (χ1v) is 4.61. The summed E-state index contributed by atoms with van der Waals surface area (Å²) in [5.41, 5.74) is -1.06. The van der Waals surface area contributed by atoms with Crippen molar-refractivity contribution in [2.75, 3.05) is 13.2 Å². The van der Waals surface area contributed by atoms with Crippen molar-refractivity contribution in [3.8, 4) is 0 Å². The van der Waals surface area contributed by atoms with Gasteiger partial charge in [-0.05, 0) is 19.3 Å². The van der Waals surface area contributed by atoms with E-state index in [9.17, 15) is 4.79 Å². The maximum absolute atomic E-state index is 10.9. The lowest BCUT2D eigenvalue weighted by atomic mass is 9.97. The smallest absolute Gasteiger partial charge is 0.335 e. The number of carboxylic acid groups (broad SMARTS) is 1. The first kappa shape index (κ1) is 12.4. The summed E-state index contributed by atoms with van der Waals surface area (Å²) in [5, 5.41) is 17.5. The Labute approximate surface area is 78.5 Å². The minimum absolute atomic E-state index is 0.0309. The van der Waals surface area contributed by atoms with E-state index in [0.29, 0.717) is 25.9 Å². The van der Waals surface area contributed by atoms with Gasteiger partial charge in [0, 0.05) is 6.61 Å². The molecule has 0 fully saturated rings. The Bertz CT molecular complexity index is 152. The standard InChI is InChI=1S/C9H18O4/c1-3-9(4-2,8(11)12)13-7-5-6-10/h10H,3-7H2,1-2H3,(H,11,12). The van der Waals surface area contributed by atoms with Gasteiger partial charge in [0.05, 0.1) is 6.61 Å². The zero-order valence-corrected chi connectivity index (χ0v) is 8.25. The Morgan fingerprint density at radius 2 is 1.92 bits per heavy atom. The van der Waals surface area contributed by atoms with E-state index < -0.39 is 11.6 Å². The molecule has 13 heavy (non-hydrogen) atoms. The van der Waals surface area contributed by atoms with Gasteiger partial charge in [0.1, 0.15) is 0 Å². The van der Waals surface area contributed by atoms with Crippen molar-refractivity contribution >= 4 is 5.97 Å². The highest BCUT2D eigenvalue weighted by Gasteiger charge is 2.35. The predicted octanol–water partition coefficient (Wildman–Crippen LogP) is 1.03. The number of ether oxygens (including phenoxy) is 1. The fourth-order valence-corrected chi connectivity index (χ4v) is 1.15. The number of aliphatic hydroxyl groups excluding tert-OH is 1. The fraction of sp³-hybridized carbons (Fsp3) is 0.889. The van der Waals surface area contributed by atoms with Gasteiger partial charge in [-0.15, -0.1) is 0 Å². The third-order valence-corrected chi connectivity index (χ3v) is 2.21. The van der Waals surface area contributed by atoms with Crippen molar-refractivity contribution in [2.24, 2.45) is 0 Å². The van der Waals surface area contributed by atoms with Crippen molar-refractivity contribution in [1.29, 1.82) is 0 Å². The first-order chi connectivity index (χ1) is 6.13. The number of rotatable bonds is 7. The quantitative estimate of drug-likeness (QED) is 0.588. The molecule has 0 aromatic heterocycles. The van der Waals surface area contributed by atoms with E-state index in [2.05, 4.69) is 0 Å². The van der Waals surface area contributed by atoms with Crippen LogP contribution in [0.15, 0.2) is 0 Å². The fourth-order valence-electron chi connectivity index (χ4n) is 1.15. The van der Waals surface area contributed by atoms with Crippen LogP contribution in [0.1, 0.15) is 33.1 Å². The molecule has 78 valence electrons. The third kappa shape index (κ3) is 3.32. The van der Waals surface area contributed by atoms with Crippen LogP contribution < -0.4 is 0 Å². The topological polar surface area (TPSA) is 66.8 Å². The molecule has 0 radical (unpaired) electrons. The largest absolute Gasteiger partial charge is 0.479 e. The molecule has 0 atom stereocenters. The van der Waals surface area contributed by atoms with E-state index >= 15 is 0 Å². The Hall–Kier alpha value is -0.610. The summed E-state index contributed by atoms with van der Waals surface area (Å²) in [6.07, 6.45) is 1.38. The summed E-state index contributed by atoms with van der Waals surface area (Å²) in [5.74, 6) is -0.921. The summed E-state index contributed by atoms with van der Waals surface area (Å²) in [6.45, 7) is 3.90. The van der Waals surface area contributed by atoms with Crippen molar-refractivity contribution in [3.63, 3.8) is 0 Å². The van der Waals surface area contributed by atoms with Gasteiger partial charge in [0.25, 0.3) is 0 Å². The molecule has 0 aliphatic heterocycles. The second kappa shape index (κ2) is 5.94. The summed E-state index contributed by atoms with van der Waals surface area (Å²) in [6, 6.07) is 0. The molecule has 0 saturated heterocycles. The van der Waals surface area contributed by atoms with Crippen LogP contribution in [0.4, 0.5) is 0 Å². The normalized spacial score (nSPS) is 11.6. The van der Waals surface area contributed by atoms with Gasteiger partial charge in [-0.25, -0.2) is 4.79 Å². The molecule has 0 unspecified atom stereocenters. The highest BCUT2D eigenvalue weighted by molar-refractivity contribution is 5.77. The Kier molecular flexibility index (Phi) is 5.66. The molecular weight excluding hydrogens is 172 g/mol. The molecule has 0 aliphatic carbocycles. The molecule has 4 heteroatoms. The Balaban J connectivity index is 4.14. The lowest BCUT2D eigenvalue weighted by Crippen LogP contribution is -2.40. The van der Waals surface area contributed by atoms with E-state index in [4.69, 9.17) is 14.9 Å². The van der Waals surface area contributed by atoms with Crippen LogP contribution in [-0.2, 0) is 9.53 Å². The number of hydrogen-bond acceptors (Lipinski definition) is 3. The van der Waals surface area contributed by atoms with Gasteiger partial charge in [0.2, 0.25) is 0 Å². The SMILES string of the molecule is CCC(CC)(OCCCO)C(=O)O. The van der Waals surface area contributed by atoms with E-state index in [0.717, 1.165) is 0 Å². The van der Waals surface area contributed by atoms with Gasteiger partial charge < -0.3 is 14.9 Å². The van der Waals surface area contributed by atoms with Gasteiger partial charge in [-0.3, -0.25) is 0 Å². The summed E-state index contributed by atoms with van der Waals surface area (Å²) >= 11 is 0. The number of carbonyl (C=O) groups is 1. The second-order valence-corrected chi connectivity index (χ2v) is 2.93. The molecule has 0 saturated carbocycles. The molecule has 0 aliphatic rings. The first-order valence-electron chi connectivity index (χ1n) is 4.61. The van der Waals surface area contributed by atoms with E-state index in [-0.39, 0.29) is 6.61 Å². The maximum atomic E-state index is 10.9. The molecular formula is C9H18O4. The summed E-state index contributed by atoms with van der Waals surface area (Å²) < 4.78 is 5.27. The Morgan fingerprint density at radius 1 is 1.38 bits per heavy atom. The second-order valence-electron chi connectivity index (χ2n) is 2.93. The average molecular weight is 190 g/mol. The minimum Gasteiger partial charge on any atom is -0.479 e. The summed E-state index contributed by atoms with van der Waals surface area (Å²) in [4.78, 5) is 10.9. The highest BCUT2D eigenvalue weighted by Crippen LogP contribution is 2.20. The van der Waals surface area contributed by atoms with Crippen LogP contribution in [0, 0.1) is 0 Å². The van der Waals surface area contributed by atoms with Gasteiger partial charge in [-0.1, -0.05) is 13.8 Å². The molecule has 0 bridgehead atoms. The molecule has 0 rings (SSSR count). The van der Waals surface area contributed by atoms with Crippen LogP contribution in [0.25, 0.3) is 0 Å². The average Bonchev–Trinajstić information content (AvgIpc) is 2.13. The van der Waals surface area contributed by atoms with Crippen molar-refractivity contribution in [3.05, 3.63) is 0 Å². The van der Waals surface area contributed by atoms with Crippen molar-refractivity contribution in [2.45, 2.75) is 38.7 Å². The Morgan fingerprint density at radius 3 is 2.23 bits per heavy atom. The number of carboxylic acids is 1. The predicted molar refractivity (Wildman–Crippen MR) is 48.6 cm³/mol. The van der Waals surface area contributed by atoms with Crippen LogP contribution >= 0.6 is 0 Å². The molecule has 0 spiro atoms. The lowest BCUT2D eigenvalue weighted by Gasteiger charge is -2.26. The lowest BCUT2D eigenvalue weighted by molar-refractivity contribution is -0.167. The van der Waals surface area contributed by atoms with E-state index in [1.165, 1.54) is 0 Å². The molecule has 2 N–H and O–H groups in total. The minimum atomic E-state index is -1.06. The molecule has 0 amide bonds. The van der Waals surface area contributed by atoms with Crippen molar-refractivity contribution < 1.29 is 19.7 Å². The molecule has 0 heterocycles. The molecule has 4 nitrogen and oxygen atoms in total.